The van der Waals surface area contributed by atoms with Gasteiger partial charge in [-0.05, 0) is 31.7 Å². The lowest BCUT2D eigenvalue weighted by molar-refractivity contribution is -0.145. The van der Waals surface area contributed by atoms with Crippen molar-refractivity contribution in [1.82, 2.24) is 0 Å². The van der Waals surface area contributed by atoms with Gasteiger partial charge in [-0.15, -0.1) is 6.58 Å². The molecule has 1 atom stereocenters. The molecule has 0 aliphatic carbocycles. The molecule has 1 aromatic rings. The smallest absolute Gasteiger partial charge is 0.313 e. The van der Waals surface area contributed by atoms with Crippen molar-refractivity contribution >= 4 is 5.97 Å². The first-order valence-corrected chi connectivity index (χ1v) is 5.49. The summed E-state index contributed by atoms with van der Waals surface area (Å²) in [7, 11) is 0. The molecule has 86 valence electrons. The van der Waals surface area contributed by atoms with Gasteiger partial charge in [0.05, 0.1) is 5.41 Å². The molecule has 0 spiro atoms. The molecule has 1 N–H and O–H groups in total. The Bertz CT molecular complexity index is 356. The van der Waals surface area contributed by atoms with Crippen LogP contribution in [0.1, 0.15) is 25.3 Å². The van der Waals surface area contributed by atoms with Gasteiger partial charge in [0.2, 0.25) is 0 Å². The minimum absolute atomic E-state index is 0.626. The molecule has 2 heteroatoms. The number of hydrogen-bond donors (Lipinski definition) is 1. The maximum absolute atomic E-state index is 11.0. The molecule has 0 heterocycles. The maximum Gasteiger partial charge on any atom is 0.313 e. The highest BCUT2D eigenvalue weighted by molar-refractivity contribution is 5.76. The van der Waals surface area contributed by atoms with E-state index in [0.717, 1.165) is 12.8 Å². The fourth-order valence-electron chi connectivity index (χ4n) is 1.60. The van der Waals surface area contributed by atoms with Crippen molar-refractivity contribution < 1.29 is 9.90 Å². The third-order valence-electron chi connectivity index (χ3n) is 2.94. The second-order valence-electron chi connectivity index (χ2n) is 4.27. The Kier molecular flexibility index (Phi) is 4.29. The Balaban J connectivity index is 2.46. The van der Waals surface area contributed by atoms with Gasteiger partial charge in [-0.3, -0.25) is 4.79 Å². The highest BCUT2D eigenvalue weighted by Gasteiger charge is 2.28. The lowest BCUT2D eigenvalue weighted by atomic mass is 9.84. The number of aliphatic carboxylic acids is 1. The standard InChI is InChI=1S/C14H18O2/c1-3-14(2,13(15)16)11-7-10-12-8-5-4-6-9-12/h3-6,8-9H,1,7,10-11H2,2H3,(H,15,16). The lowest BCUT2D eigenvalue weighted by Gasteiger charge is -2.19. The predicted molar refractivity (Wildman–Crippen MR) is 65.3 cm³/mol. The highest BCUT2D eigenvalue weighted by atomic mass is 16.4. The molecule has 0 bridgehead atoms. The number of hydrogen-bond acceptors (Lipinski definition) is 1. The molecule has 0 saturated carbocycles. The van der Waals surface area contributed by atoms with Crippen LogP contribution in [-0.4, -0.2) is 11.1 Å². The Morgan fingerprint density at radius 1 is 1.44 bits per heavy atom. The summed E-state index contributed by atoms with van der Waals surface area (Å²) in [5.41, 5.74) is 0.453. The summed E-state index contributed by atoms with van der Waals surface area (Å²) in [5, 5.41) is 9.06. The molecule has 0 aliphatic heterocycles. The first-order valence-electron chi connectivity index (χ1n) is 5.49. The molecule has 1 aromatic carbocycles. The molecule has 0 fully saturated rings. The van der Waals surface area contributed by atoms with Gasteiger partial charge in [0.25, 0.3) is 0 Å². The van der Waals surface area contributed by atoms with E-state index in [-0.39, 0.29) is 0 Å². The van der Waals surface area contributed by atoms with Crippen molar-refractivity contribution in [3.05, 3.63) is 48.6 Å². The van der Waals surface area contributed by atoms with Crippen molar-refractivity contribution in [2.24, 2.45) is 5.41 Å². The number of rotatable bonds is 6. The molecule has 16 heavy (non-hydrogen) atoms. The average Bonchev–Trinajstić information content (AvgIpc) is 2.30. The molecule has 0 amide bonds. The van der Waals surface area contributed by atoms with E-state index in [1.165, 1.54) is 11.6 Å². The second kappa shape index (κ2) is 5.50. The molecule has 0 saturated heterocycles. The minimum Gasteiger partial charge on any atom is -0.481 e. The van der Waals surface area contributed by atoms with E-state index in [9.17, 15) is 4.79 Å². The van der Waals surface area contributed by atoms with E-state index >= 15 is 0 Å². The third-order valence-corrected chi connectivity index (χ3v) is 2.94. The average molecular weight is 218 g/mol. The van der Waals surface area contributed by atoms with Crippen LogP contribution < -0.4 is 0 Å². The molecule has 2 nitrogen and oxygen atoms in total. The van der Waals surface area contributed by atoms with Crippen LogP contribution in [0.15, 0.2) is 43.0 Å². The number of carbonyl (C=O) groups is 1. The summed E-state index contributed by atoms with van der Waals surface area (Å²) in [6.45, 7) is 5.31. The minimum atomic E-state index is -0.797. The van der Waals surface area contributed by atoms with Crippen LogP contribution in [-0.2, 0) is 11.2 Å². The van der Waals surface area contributed by atoms with E-state index < -0.39 is 11.4 Å². The Morgan fingerprint density at radius 3 is 2.56 bits per heavy atom. The van der Waals surface area contributed by atoms with Crippen molar-refractivity contribution in [2.75, 3.05) is 0 Å². The summed E-state index contributed by atoms with van der Waals surface area (Å²) < 4.78 is 0. The van der Waals surface area contributed by atoms with Gasteiger partial charge in [-0.25, -0.2) is 0 Å². The normalized spacial score (nSPS) is 14.1. The number of aryl methyl sites for hydroxylation is 1. The van der Waals surface area contributed by atoms with Crippen molar-refractivity contribution in [3.8, 4) is 0 Å². The monoisotopic (exact) mass is 218 g/mol. The van der Waals surface area contributed by atoms with Gasteiger partial charge in [0.1, 0.15) is 0 Å². The molecule has 1 unspecified atom stereocenters. The zero-order valence-electron chi connectivity index (χ0n) is 9.65. The van der Waals surface area contributed by atoms with Crippen LogP contribution in [0.2, 0.25) is 0 Å². The lowest BCUT2D eigenvalue weighted by Crippen LogP contribution is -2.24. The number of carboxylic acid groups (broad SMARTS) is 1. The zero-order valence-corrected chi connectivity index (χ0v) is 9.65. The second-order valence-corrected chi connectivity index (χ2v) is 4.27. The van der Waals surface area contributed by atoms with Crippen LogP contribution >= 0.6 is 0 Å². The summed E-state index contributed by atoms with van der Waals surface area (Å²) in [5.74, 6) is -0.796. The van der Waals surface area contributed by atoms with Gasteiger partial charge >= 0.3 is 5.97 Å². The topological polar surface area (TPSA) is 37.3 Å². The fourth-order valence-corrected chi connectivity index (χ4v) is 1.60. The van der Waals surface area contributed by atoms with Crippen LogP contribution in [0.5, 0.6) is 0 Å². The van der Waals surface area contributed by atoms with E-state index in [2.05, 4.69) is 18.7 Å². The van der Waals surface area contributed by atoms with E-state index in [4.69, 9.17) is 5.11 Å². The van der Waals surface area contributed by atoms with E-state index in [1.54, 1.807) is 6.92 Å². The molecule has 0 radical (unpaired) electrons. The summed E-state index contributed by atoms with van der Waals surface area (Å²) in [6, 6.07) is 10.1. The maximum atomic E-state index is 11.0. The first kappa shape index (κ1) is 12.5. The Labute approximate surface area is 96.6 Å². The highest BCUT2D eigenvalue weighted by Crippen LogP contribution is 2.25. The van der Waals surface area contributed by atoms with E-state index in [0.29, 0.717) is 6.42 Å². The molecular weight excluding hydrogens is 200 g/mol. The van der Waals surface area contributed by atoms with Crippen LogP contribution in [0, 0.1) is 5.41 Å². The quantitative estimate of drug-likeness (QED) is 0.744. The SMILES string of the molecule is C=CC(C)(CCCc1ccccc1)C(=O)O. The van der Waals surface area contributed by atoms with Gasteiger partial charge < -0.3 is 5.11 Å². The number of carboxylic acids is 1. The third kappa shape index (κ3) is 3.23. The molecule has 1 rings (SSSR count). The van der Waals surface area contributed by atoms with Gasteiger partial charge in [0, 0.05) is 0 Å². The predicted octanol–water partition coefficient (Wildman–Crippen LogP) is 3.29. The summed E-state index contributed by atoms with van der Waals surface area (Å²) in [4.78, 5) is 11.0. The Hall–Kier alpha value is -1.57. The Morgan fingerprint density at radius 2 is 2.06 bits per heavy atom. The molecule has 0 aliphatic rings. The van der Waals surface area contributed by atoms with Gasteiger partial charge in [-0.2, -0.15) is 0 Å². The van der Waals surface area contributed by atoms with E-state index in [1.807, 2.05) is 18.2 Å². The number of benzene rings is 1. The summed E-state index contributed by atoms with van der Waals surface area (Å²) in [6.07, 6.45) is 3.93. The summed E-state index contributed by atoms with van der Waals surface area (Å²) >= 11 is 0. The zero-order chi connectivity index (χ0) is 12.0. The van der Waals surface area contributed by atoms with Gasteiger partial charge in [-0.1, -0.05) is 36.4 Å². The van der Waals surface area contributed by atoms with Crippen LogP contribution in [0.3, 0.4) is 0 Å². The van der Waals surface area contributed by atoms with Crippen molar-refractivity contribution in [1.29, 1.82) is 0 Å². The fraction of sp³-hybridized carbons (Fsp3) is 0.357. The first-order chi connectivity index (χ1) is 7.58. The van der Waals surface area contributed by atoms with Crippen LogP contribution in [0.25, 0.3) is 0 Å². The van der Waals surface area contributed by atoms with Crippen LogP contribution in [0.4, 0.5) is 0 Å². The molecule has 0 aromatic heterocycles. The van der Waals surface area contributed by atoms with Crippen molar-refractivity contribution in [2.45, 2.75) is 26.2 Å². The largest absolute Gasteiger partial charge is 0.481 e. The van der Waals surface area contributed by atoms with Crippen molar-refractivity contribution in [3.63, 3.8) is 0 Å². The molecular formula is C14H18O2. The van der Waals surface area contributed by atoms with Gasteiger partial charge in [0.15, 0.2) is 0 Å².